The van der Waals surface area contributed by atoms with Crippen LogP contribution in [0.2, 0.25) is 0 Å². The van der Waals surface area contributed by atoms with Crippen molar-refractivity contribution in [1.29, 1.82) is 0 Å². The van der Waals surface area contributed by atoms with Gasteiger partial charge < -0.3 is 10.2 Å². The molecule has 0 aromatic heterocycles. The monoisotopic (exact) mass is 211 g/mol. The van der Waals surface area contributed by atoms with Crippen molar-refractivity contribution < 1.29 is 10.2 Å². The fraction of sp³-hybridized carbons (Fsp3) is 0.923. The SMILES string of the molecule is OCC(O)(C[C]1CCCC1)C1CCCC1. The topological polar surface area (TPSA) is 40.5 Å². The van der Waals surface area contributed by atoms with Gasteiger partial charge in [0.1, 0.15) is 0 Å². The van der Waals surface area contributed by atoms with Crippen molar-refractivity contribution in [3.8, 4) is 0 Å². The molecule has 15 heavy (non-hydrogen) atoms. The minimum atomic E-state index is -0.795. The zero-order valence-electron chi connectivity index (χ0n) is 9.54. The molecule has 2 fully saturated rings. The summed E-state index contributed by atoms with van der Waals surface area (Å²) in [7, 11) is 0. The average molecular weight is 211 g/mol. The predicted molar refractivity (Wildman–Crippen MR) is 60.3 cm³/mol. The van der Waals surface area contributed by atoms with Crippen molar-refractivity contribution in [2.75, 3.05) is 6.61 Å². The second-order valence-corrected chi connectivity index (χ2v) is 5.38. The second-order valence-electron chi connectivity index (χ2n) is 5.38. The van der Waals surface area contributed by atoms with Crippen molar-refractivity contribution in [2.45, 2.75) is 63.4 Å². The molecule has 2 aliphatic carbocycles. The molecule has 0 saturated heterocycles. The van der Waals surface area contributed by atoms with E-state index in [1.807, 2.05) is 0 Å². The third-order valence-corrected chi connectivity index (χ3v) is 4.26. The van der Waals surface area contributed by atoms with Gasteiger partial charge in [0, 0.05) is 0 Å². The van der Waals surface area contributed by atoms with E-state index < -0.39 is 5.60 Å². The first-order valence-electron chi connectivity index (χ1n) is 6.41. The lowest BCUT2D eigenvalue weighted by Crippen LogP contribution is -2.41. The summed E-state index contributed by atoms with van der Waals surface area (Å²) in [6.07, 6.45) is 10.3. The molecule has 87 valence electrons. The van der Waals surface area contributed by atoms with Crippen LogP contribution in [0.15, 0.2) is 0 Å². The largest absolute Gasteiger partial charge is 0.393 e. The van der Waals surface area contributed by atoms with Crippen molar-refractivity contribution in [1.82, 2.24) is 0 Å². The number of rotatable bonds is 4. The van der Waals surface area contributed by atoms with E-state index in [1.54, 1.807) is 0 Å². The summed E-state index contributed by atoms with van der Waals surface area (Å²) in [5, 5.41) is 20.0. The van der Waals surface area contributed by atoms with Gasteiger partial charge in [0.05, 0.1) is 12.2 Å². The Balaban J connectivity index is 1.93. The lowest BCUT2D eigenvalue weighted by molar-refractivity contribution is -0.0638. The fourth-order valence-corrected chi connectivity index (χ4v) is 3.28. The van der Waals surface area contributed by atoms with Gasteiger partial charge >= 0.3 is 0 Å². The minimum Gasteiger partial charge on any atom is -0.393 e. The molecule has 2 aliphatic rings. The van der Waals surface area contributed by atoms with Crippen LogP contribution in [0.4, 0.5) is 0 Å². The van der Waals surface area contributed by atoms with E-state index in [1.165, 1.54) is 44.4 Å². The Bertz CT molecular complexity index is 193. The second kappa shape index (κ2) is 4.84. The molecule has 0 aromatic rings. The summed E-state index contributed by atoms with van der Waals surface area (Å²) in [6, 6.07) is 0. The van der Waals surface area contributed by atoms with Crippen LogP contribution >= 0.6 is 0 Å². The van der Waals surface area contributed by atoms with E-state index in [-0.39, 0.29) is 6.61 Å². The van der Waals surface area contributed by atoms with Crippen LogP contribution in [-0.2, 0) is 0 Å². The molecule has 0 spiro atoms. The number of aliphatic hydroxyl groups is 2. The quantitative estimate of drug-likeness (QED) is 0.750. The summed E-state index contributed by atoms with van der Waals surface area (Å²) in [6.45, 7) is -0.0544. The molecule has 1 radical (unpaired) electrons. The Morgan fingerprint density at radius 2 is 1.67 bits per heavy atom. The maximum Gasteiger partial charge on any atom is 0.0910 e. The van der Waals surface area contributed by atoms with Gasteiger partial charge in [-0.3, -0.25) is 0 Å². The average Bonchev–Trinajstić information content (AvgIpc) is 2.89. The lowest BCUT2D eigenvalue weighted by atomic mass is 9.79. The van der Waals surface area contributed by atoms with Gasteiger partial charge in [-0.25, -0.2) is 0 Å². The molecular weight excluding hydrogens is 188 g/mol. The van der Waals surface area contributed by atoms with Gasteiger partial charge in [-0.1, -0.05) is 25.7 Å². The Kier molecular flexibility index (Phi) is 3.68. The molecule has 2 heteroatoms. The molecular formula is C13H23O2. The van der Waals surface area contributed by atoms with Crippen LogP contribution in [-0.4, -0.2) is 22.4 Å². The maximum absolute atomic E-state index is 10.5. The van der Waals surface area contributed by atoms with Crippen molar-refractivity contribution >= 4 is 0 Å². The zero-order chi connectivity index (χ0) is 10.7. The van der Waals surface area contributed by atoms with E-state index >= 15 is 0 Å². The van der Waals surface area contributed by atoms with E-state index in [4.69, 9.17) is 0 Å². The molecule has 0 heterocycles. The van der Waals surface area contributed by atoms with Crippen LogP contribution in [0.1, 0.15) is 57.8 Å². The first-order valence-corrected chi connectivity index (χ1v) is 6.41. The smallest absolute Gasteiger partial charge is 0.0910 e. The highest BCUT2D eigenvalue weighted by molar-refractivity contribution is 5.03. The van der Waals surface area contributed by atoms with E-state index in [0.717, 1.165) is 19.3 Å². The normalized spacial score (nSPS) is 28.4. The molecule has 1 unspecified atom stereocenters. The summed E-state index contributed by atoms with van der Waals surface area (Å²) >= 11 is 0. The zero-order valence-corrected chi connectivity index (χ0v) is 9.54. The standard InChI is InChI=1S/C13H23O2/c14-10-13(15,12-7-3-4-8-12)9-11-5-1-2-6-11/h12,14-15H,1-10H2. The predicted octanol–water partition coefficient (Wildman–Crippen LogP) is 2.44. The first kappa shape index (κ1) is 11.4. The molecule has 2 N–H and O–H groups in total. The number of hydrogen-bond donors (Lipinski definition) is 2. The van der Waals surface area contributed by atoms with Crippen molar-refractivity contribution in [3.05, 3.63) is 5.92 Å². The van der Waals surface area contributed by atoms with E-state index in [2.05, 4.69) is 0 Å². The van der Waals surface area contributed by atoms with Gasteiger partial charge in [0.15, 0.2) is 0 Å². The third kappa shape index (κ3) is 2.54. The number of hydrogen-bond acceptors (Lipinski definition) is 2. The molecule has 0 bridgehead atoms. The fourth-order valence-electron chi connectivity index (χ4n) is 3.28. The maximum atomic E-state index is 10.5. The number of aliphatic hydroxyl groups excluding tert-OH is 1. The van der Waals surface area contributed by atoms with Crippen LogP contribution < -0.4 is 0 Å². The molecule has 0 aliphatic heterocycles. The molecule has 2 rings (SSSR count). The van der Waals surface area contributed by atoms with Gasteiger partial charge in [0.2, 0.25) is 0 Å². The van der Waals surface area contributed by atoms with Crippen LogP contribution in [0.3, 0.4) is 0 Å². The summed E-state index contributed by atoms with van der Waals surface area (Å²) < 4.78 is 0. The van der Waals surface area contributed by atoms with E-state index in [9.17, 15) is 10.2 Å². The highest BCUT2D eigenvalue weighted by Crippen LogP contribution is 2.41. The highest BCUT2D eigenvalue weighted by atomic mass is 16.3. The van der Waals surface area contributed by atoms with E-state index in [0.29, 0.717) is 5.92 Å². The van der Waals surface area contributed by atoms with Crippen molar-refractivity contribution in [3.63, 3.8) is 0 Å². The van der Waals surface area contributed by atoms with Crippen LogP contribution in [0.5, 0.6) is 0 Å². The highest BCUT2D eigenvalue weighted by Gasteiger charge is 2.40. The summed E-state index contributed by atoms with van der Waals surface area (Å²) in [5.41, 5.74) is -0.795. The van der Waals surface area contributed by atoms with Crippen LogP contribution in [0.25, 0.3) is 0 Å². The van der Waals surface area contributed by atoms with Gasteiger partial charge in [-0.05, 0) is 43.9 Å². The van der Waals surface area contributed by atoms with Crippen molar-refractivity contribution in [2.24, 2.45) is 5.92 Å². The van der Waals surface area contributed by atoms with Gasteiger partial charge in [-0.2, -0.15) is 0 Å². The molecule has 0 amide bonds. The molecule has 1 atom stereocenters. The summed E-state index contributed by atoms with van der Waals surface area (Å²) in [4.78, 5) is 0. The Hall–Kier alpha value is -0.0800. The van der Waals surface area contributed by atoms with Crippen LogP contribution in [0, 0.1) is 11.8 Å². The molecule has 2 saturated carbocycles. The Labute approximate surface area is 92.7 Å². The third-order valence-electron chi connectivity index (χ3n) is 4.26. The first-order chi connectivity index (χ1) is 7.24. The molecule has 2 nitrogen and oxygen atoms in total. The Morgan fingerprint density at radius 1 is 1.07 bits per heavy atom. The molecule has 0 aromatic carbocycles. The summed E-state index contributed by atoms with van der Waals surface area (Å²) in [5.74, 6) is 1.83. The lowest BCUT2D eigenvalue weighted by Gasteiger charge is -2.34. The van der Waals surface area contributed by atoms with Gasteiger partial charge in [0.25, 0.3) is 0 Å². The Morgan fingerprint density at radius 3 is 2.20 bits per heavy atom. The van der Waals surface area contributed by atoms with Gasteiger partial charge in [-0.15, -0.1) is 0 Å². The minimum absolute atomic E-state index is 0.0544.